The Balaban J connectivity index is 1.64. The van der Waals surface area contributed by atoms with Gasteiger partial charge in [0, 0.05) is 45.6 Å². The second kappa shape index (κ2) is 7.63. The highest BCUT2D eigenvalue weighted by Gasteiger charge is 2.43. The second-order valence-corrected chi connectivity index (χ2v) is 7.16. The third kappa shape index (κ3) is 3.96. The van der Waals surface area contributed by atoms with Crippen LogP contribution in [0.15, 0.2) is 12.4 Å². The van der Waals surface area contributed by atoms with Gasteiger partial charge in [0.1, 0.15) is 0 Å². The third-order valence-corrected chi connectivity index (χ3v) is 5.33. The lowest BCUT2D eigenvalue weighted by Gasteiger charge is -2.33. The highest BCUT2D eigenvalue weighted by molar-refractivity contribution is 5.82. The molecule has 2 saturated heterocycles. The van der Waals surface area contributed by atoms with E-state index in [1.165, 1.54) is 0 Å². The smallest absolute Gasteiger partial charge is 0.240 e. The van der Waals surface area contributed by atoms with Crippen molar-refractivity contribution in [3.8, 4) is 0 Å². The van der Waals surface area contributed by atoms with E-state index < -0.39 is 0 Å². The number of nitrogens with one attached hydrogen (secondary N) is 2. The first-order valence-electron chi connectivity index (χ1n) is 8.81. The Labute approximate surface area is 143 Å². The summed E-state index contributed by atoms with van der Waals surface area (Å²) >= 11 is 0. The molecule has 0 bridgehead atoms. The molecule has 2 aliphatic rings. The predicted octanol–water partition coefficient (Wildman–Crippen LogP) is 0.127. The Hall–Kier alpha value is -1.44. The van der Waals surface area contributed by atoms with Crippen LogP contribution >= 0.6 is 0 Å². The minimum atomic E-state index is -0.0726. The number of carbonyl (C=O) groups is 1. The zero-order valence-corrected chi connectivity index (χ0v) is 14.8. The summed E-state index contributed by atoms with van der Waals surface area (Å²) in [6.45, 7) is 4.82. The van der Waals surface area contributed by atoms with Crippen LogP contribution in [-0.4, -0.2) is 66.5 Å². The van der Waals surface area contributed by atoms with E-state index in [1.54, 1.807) is 11.8 Å². The Morgan fingerprint density at radius 3 is 2.96 bits per heavy atom. The van der Waals surface area contributed by atoms with E-state index in [9.17, 15) is 4.79 Å². The molecular weight excluding hydrogens is 306 g/mol. The number of nitrogens with zero attached hydrogens (tertiary/aromatic N) is 3. The fourth-order valence-electron chi connectivity index (χ4n) is 3.89. The van der Waals surface area contributed by atoms with Crippen LogP contribution in [0.4, 0.5) is 0 Å². The SMILES string of the molecule is COCCN(Cc1cnn(C)c1)C(=O)C1CC2(CCNCC2)CN1. The van der Waals surface area contributed by atoms with Crippen molar-refractivity contribution in [2.24, 2.45) is 12.5 Å². The normalized spacial score (nSPS) is 22.8. The molecule has 2 aliphatic heterocycles. The molecule has 3 rings (SSSR count). The van der Waals surface area contributed by atoms with Crippen molar-refractivity contribution < 1.29 is 9.53 Å². The van der Waals surface area contributed by atoms with Crippen LogP contribution in [0.25, 0.3) is 0 Å². The number of rotatable bonds is 6. The Morgan fingerprint density at radius 2 is 2.29 bits per heavy atom. The van der Waals surface area contributed by atoms with Crippen molar-refractivity contribution >= 4 is 5.91 Å². The van der Waals surface area contributed by atoms with Crippen LogP contribution in [0.1, 0.15) is 24.8 Å². The zero-order valence-electron chi connectivity index (χ0n) is 14.8. The molecular formula is C17H29N5O2. The van der Waals surface area contributed by atoms with Gasteiger partial charge >= 0.3 is 0 Å². The molecule has 0 saturated carbocycles. The summed E-state index contributed by atoms with van der Waals surface area (Å²) in [7, 11) is 3.56. The highest BCUT2D eigenvalue weighted by atomic mass is 16.5. The fraction of sp³-hybridized carbons (Fsp3) is 0.765. The van der Waals surface area contributed by atoms with Gasteiger partial charge in [0.25, 0.3) is 0 Å². The molecule has 0 aromatic carbocycles. The standard InChI is InChI=1S/C17H29N5O2/c1-21-11-14(10-20-21)12-22(7-8-24-2)16(23)15-9-17(13-19-15)3-5-18-6-4-17/h10-11,15,18-19H,3-9,12-13H2,1-2H3. The van der Waals surface area contributed by atoms with Gasteiger partial charge in [-0.1, -0.05) is 0 Å². The molecule has 1 spiro atoms. The highest BCUT2D eigenvalue weighted by Crippen LogP contribution is 2.37. The van der Waals surface area contributed by atoms with E-state index in [0.29, 0.717) is 25.1 Å². The Morgan fingerprint density at radius 1 is 1.50 bits per heavy atom. The van der Waals surface area contributed by atoms with Crippen molar-refractivity contribution in [3.05, 3.63) is 18.0 Å². The van der Waals surface area contributed by atoms with Crippen molar-refractivity contribution in [3.63, 3.8) is 0 Å². The fourth-order valence-corrected chi connectivity index (χ4v) is 3.89. The number of aromatic nitrogens is 2. The molecule has 7 heteroatoms. The molecule has 0 radical (unpaired) electrons. The molecule has 0 aliphatic carbocycles. The number of aryl methyl sites for hydroxylation is 1. The van der Waals surface area contributed by atoms with Gasteiger partial charge in [-0.3, -0.25) is 9.48 Å². The third-order valence-electron chi connectivity index (χ3n) is 5.33. The van der Waals surface area contributed by atoms with Crippen LogP contribution in [0, 0.1) is 5.41 Å². The molecule has 2 N–H and O–H groups in total. The minimum Gasteiger partial charge on any atom is -0.383 e. The van der Waals surface area contributed by atoms with E-state index in [2.05, 4.69) is 15.7 Å². The molecule has 1 atom stereocenters. The average molecular weight is 335 g/mol. The summed E-state index contributed by atoms with van der Waals surface area (Å²) in [5.41, 5.74) is 1.35. The van der Waals surface area contributed by atoms with E-state index in [4.69, 9.17) is 4.74 Å². The van der Waals surface area contributed by atoms with Crippen LogP contribution < -0.4 is 10.6 Å². The molecule has 1 aromatic heterocycles. The Kier molecular flexibility index (Phi) is 5.53. The molecule has 1 aromatic rings. The van der Waals surface area contributed by atoms with Gasteiger partial charge < -0.3 is 20.3 Å². The van der Waals surface area contributed by atoms with E-state index >= 15 is 0 Å². The van der Waals surface area contributed by atoms with Crippen molar-refractivity contribution in [1.82, 2.24) is 25.3 Å². The van der Waals surface area contributed by atoms with E-state index in [1.807, 2.05) is 24.3 Å². The molecule has 2 fully saturated rings. The minimum absolute atomic E-state index is 0.0726. The summed E-state index contributed by atoms with van der Waals surface area (Å²) in [5.74, 6) is 0.186. The number of amides is 1. The van der Waals surface area contributed by atoms with Gasteiger partial charge in [-0.15, -0.1) is 0 Å². The lowest BCUT2D eigenvalue weighted by Crippen LogP contribution is -2.44. The summed E-state index contributed by atoms with van der Waals surface area (Å²) in [6.07, 6.45) is 7.05. The van der Waals surface area contributed by atoms with Crippen molar-refractivity contribution in [1.29, 1.82) is 0 Å². The van der Waals surface area contributed by atoms with Gasteiger partial charge in [0.05, 0.1) is 18.8 Å². The quantitative estimate of drug-likeness (QED) is 0.773. The first-order chi connectivity index (χ1) is 11.6. The number of ether oxygens (including phenoxy) is 1. The molecule has 3 heterocycles. The van der Waals surface area contributed by atoms with Crippen molar-refractivity contribution in [2.45, 2.75) is 31.8 Å². The van der Waals surface area contributed by atoms with Gasteiger partial charge in [-0.05, 0) is 37.8 Å². The first kappa shape index (κ1) is 17.4. The summed E-state index contributed by atoms with van der Waals surface area (Å²) < 4.78 is 6.96. The maximum Gasteiger partial charge on any atom is 0.240 e. The largest absolute Gasteiger partial charge is 0.383 e. The maximum absolute atomic E-state index is 13.1. The first-order valence-corrected chi connectivity index (χ1v) is 8.81. The number of hydrogen-bond acceptors (Lipinski definition) is 5. The molecule has 7 nitrogen and oxygen atoms in total. The van der Waals surface area contributed by atoms with Gasteiger partial charge in [0.2, 0.25) is 5.91 Å². The Bertz CT molecular complexity index is 553. The summed E-state index contributed by atoms with van der Waals surface area (Å²) in [5, 5.41) is 11.1. The number of methoxy groups -OCH3 is 1. The molecule has 1 amide bonds. The zero-order chi connectivity index (χ0) is 17.0. The van der Waals surface area contributed by atoms with Gasteiger partial charge in [-0.25, -0.2) is 0 Å². The average Bonchev–Trinajstić information content (AvgIpc) is 3.18. The lowest BCUT2D eigenvalue weighted by molar-refractivity contribution is -0.134. The van der Waals surface area contributed by atoms with Crippen molar-refractivity contribution in [2.75, 3.05) is 39.9 Å². The monoisotopic (exact) mass is 335 g/mol. The van der Waals surface area contributed by atoms with Crippen LogP contribution in [-0.2, 0) is 23.1 Å². The predicted molar refractivity (Wildman–Crippen MR) is 91.4 cm³/mol. The van der Waals surface area contributed by atoms with Gasteiger partial charge in [-0.2, -0.15) is 5.10 Å². The lowest BCUT2D eigenvalue weighted by atomic mass is 9.77. The molecule has 134 valence electrons. The number of piperidine rings is 1. The maximum atomic E-state index is 13.1. The molecule has 24 heavy (non-hydrogen) atoms. The van der Waals surface area contributed by atoms with E-state index in [0.717, 1.165) is 44.5 Å². The molecule has 1 unspecified atom stereocenters. The topological polar surface area (TPSA) is 71.4 Å². The van der Waals surface area contributed by atoms with Crippen LogP contribution in [0.3, 0.4) is 0 Å². The summed E-state index contributed by atoms with van der Waals surface area (Å²) in [6, 6.07) is -0.0726. The van der Waals surface area contributed by atoms with E-state index in [-0.39, 0.29) is 11.9 Å². The summed E-state index contributed by atoms with van der Waals surface area (Å²) in [4.78, 5) is 15.0. The number of carbonyl (C=O) groups excluding carboxylic acids is 1. The van der Waals surface area contributed by atoms with Crippen LogP contribution in [0.5, 0.6) is 0 Å². The van der Waals surface area contributed by atoms with Gasteiger partial charge in [0.15, 0.2) is 0 Å². The second-order valence-electron chi connectivity index (χ2n) is 7.16. The number of hydrogen-bond donors (Lipinski definition) is 2. The van der Waals surface area contributed by atoms with Crippen LogP contribution in [0.2, 0.25) is 0 Å².